The molecule has 0 saturated carbocycles. The van der Waals surface area contributed by atoms with Crippen molar-refractivity contribution in [2.75, 3.05) is 0 Å². The molecule has 146 valence electrons. The average Bonchev–Trinajstić information content (AvgIpc) is 2.49. The fourth-order valence-corrected chi connectivity index (χ4v) is 3.31. The van der Waals surface area contributed by atoms with Crippen LogP contribution in [0, 0.1) is 5.92 Å². The van der Waals surface area contributed by atoms with Gasteiger partial charge in [-0.05, 0) is 51.0 Å². The first kappa shape index (κ1) is 22.2. The Labute approximate surface area is 158 Å². The van der Waals surface area contributed by atoms with E-state index in [9.17, 15) is 18.0 Å². The molecule has 1 atom stereocenters. The second-order valence-corrected chi connectivity index (χ2v) is 9.06. The van der Waals surface area contributed by atoms with Crippen LogP contribution in [0.2, 0.25) is 5.02 Å². The van der Waals surface area contributed by atoms with Crippen LogP contribution in [0.3, 0.4) is 0 Å². The lowest BCUT2D eigenvalue weighted by Gasteiger charge is -2.23. The Hall–Kier alpha value is -1.84. The van der Waals surface area contributed by atoms with Crippen LogP contribution >= 0.6 is 11.6 Å². The highest BCUT2D eigenvalue weighted by molar-refractivity contribution is 7.89. The quantitative estimate of drug-likeness (QED) is 0.650. The number of amides is 2. The lowest BCUT2D eigenvalue weighted by molar-refractivity contribution is -0.124. The van der Waals surface area contributed by atoms with Gasteiger partial charge in [-0.25, -0.2) is 18.6 Å². The van der Waals surface area contributed by atoms with Gasteiger partial charge in [0.25, 0.3) is 5.91 Å². The lowest BCUT2D eigenvalue weighted by atomic mass is 10.1. The first-order chi connectivity index (χ1) is 11.8. The van der Waals surface area contributed by atoms with Gasteiger partial charge in [0.1, 0.15) is 11.6 Å². The molecule has 26 heavy (non-hydrogen) atoms. The molecule has 0 spiro atoms. The normalized spacial score (nSPS) is 13.2. The molecular weight excluding hydrogens is 382 g/mol. The van der Waals surface area contributed by atoms with Crippen molar-refractivity contribution in [3.63, 3.8) is 0 Å². The molecule has 1 aromatic carbocycles. The summed E-state index contributed by atoms with van der Waals surface area (Å²) in [6.07, 6.45) is -0.853. The summed E-state index contributed by atoms with van der Waals surface area (Å²) in [5.74, 6) is -1.10. The number of halogens is 1. The van der Waals surface area contributed by atoms with Crippen molar-refractivity contribution in [2.24, 2.45) is 5.92 Å². The molecule has 0 unspecified atom stereocenters. The molecule has 1 aromatic rings. The van der Waals surface area contributed by atoms with Gasteiger partial charge >= 0.3 is 6.09 Å². The number of carbonyl (C=O) groups is 2. The highest BCUT2D eigenvalue weighted by atomic mass is 35.5. The van der Waals surface area contributed by atoms with Crippen molar-refractivity contribution in [1.29, 1.82) is 0 Å². The highest BCUT2D eigenvalue weighted by Gasteiger charge is 2.29. The number of hydrogen-bond donors (Lipinski definition) is 3. The molecule has 0 bridgehead atoms. The van der Waals surface area contributed by atoms with Crippen LogP contribution in [0.1, 0.15) is 34.6 Å². The molecule has 0 aliphatic carbocycles. The summed E-state index contributed by atoms with van der Waals surface area (Å²) >= 11 is 5.75. The molecule has 8 nitrogen and oxygen atoms in total. The fourth-order valence-electron chi connectivity index (χ4n) is 1.84. The Bertz CT molecular complexity index is 742. The van der Waals surface area contributed by atoms with Crippen LogP contribution < -0.4 is 15.6 Å². The first-order valence-electron chi connectivity index (χ1n) is 7.88. The summed E-state index contributed by atoms with van der Waals surface area (Å²) in [4.78, 5) is 23.9. The molecule has 10 heteroatoms. The van der Waals surface area contributed by atoms with Gasteiger partial charge in [0.15, 0.2) is 0 Å². The zero-order valence-corrected chi connectivity index (χ0v) is 16.9. The molecular formula is C16H24ClN3O5S. The number of hydrogen-bond acceptors (Lipinski definition) is 5. The fraction of sp³-hybridized carbons (Fsp3) is 0.500. The van der Waals surface area contributed by atoms with Gasteiger partial charge in [-0.1, -0.05) is 25.4 Å². The third-order valence-electron chi connectivity index (χ3n) is 3.04. The SMILES string of the molecule is CC(C)[C@@H](NS(=O)(=O)c1ccc(Cl)cc1)C(=O)NNC(=O)OC(C)(C)C. The highest BCUT2D eigenvalue weighted by Crippen LogP contribution is 2.15. The molecule has 0 aliphatic rings. The van der Waals surface area contributed by atoms with E-state index < -0.39 is 33.7 Å². The van der Waals surface area contributed by atoms with Crippen molar-refractivity contribution in [2.45, 2.75) is 51.2 Å². The molecule has 0 saturated heterocycles. The second kappa shape index (κ2) is 8.70. The topological polar surface area (TPSA) is 114 Å². The smallest absolute Gasteiger partial charge is 0.426 e. The Kier molecular flexibility index (Phi) is 7.43. The maximum atomic E-state index is 12.4. The van der Waals surface area contributed by atoms with Crippen molar-refractivity contribution >= 4 is 33.6 Å². The first-order valence-corrected chi connectivity index (χ1v) is 9.74. The van der Waals surface area contributed by atoms with Gasteiger partial charge in [-0.15, -0.1) is 0 Å². The molecule has 0 aliphatic heterocycles. The summed E-state index contributed by atoms with van der Waals surface area (Å²) in [6, 6.07) is 4.43. The Morgan fingerprint density at radius 2 is 1.62 bits per heavy atom. The Morgan fingerprint density at radius 3 is 2.08 bits per heavy atom. The number of benzene rings is 1. The van der Waals surface area contributed by atoms with Crippen LogP contribution in [-0.4, -0.2) is 32.1 Å². The van der Waals surface area contributed by atoms with Gasteiger partial charge in [0.05, 0.1) is 4.90 Å². The van der Waals surface area contributed by atoms with Crippen LogP contribution in [0.15, 0.2) is 29.2 Å². The van der Waals surface area contributed by atoms with E-state index in [-0.39, 0.29) is 10.8 Å². The van der Waals surface area contributed by atoms with E-state index in [4.69, 9.17) is 16.3 Å². The van der Waals surface area contributed by atoms with E-state index in [1.165, 1.54) is 24.3 Å². The van der Waals surface area contributed by atoms with Crippen molar-refractivity contribution in [3.8, 4) is 0 Å². The van der Waals surface area contributed by atoms with Gasteiger partial charge in [0, 0.05) is 5.02 Å². The largest absolute Gasteiger partial charge is 0.443 e. The Balaban J connectivity index is 2.80. The van der Waals surface area contributed by atoms with Gasteiger partial charge in [0.2, 0.25) is 10.0 Å². The number of nitrogens with one attached hydrogen (secondary N) is 3. The Morgan fingerprint density at radius 1 is 1.08 bits per heavy atom. The van der Waals surface area contributed by atoms with Crippen molar-refractivity contribution in [3.05, 3.63) is 29.3 Å². The summed E-state index contributed by atoms with van der Waals surface area (Å²) in [5.41, 5.74) is 3.52. The standard InChI is InChI=1S/C16H24ClN3O5S/c1-10(2)13(14(21)18-19-15(22)25-16(3,4)5)20-26(23,24)12-8-6-11(17)7-9-12/h6-10,13,20H,1-5H3,(H,18,21)(H,19,22)/t13-/m1/s1. The van der Waals surface area contributed by atoms with E-state index in [0.717, 1.165) is 0 Å². The zero-order valence-electron chi connectivity index (χ0n) is 15.3. The minimum atomic E-state index is -3.95. The van der Waals surface area contributed by atoms with Crippen molar-refractivity contribution in [1.82, 2.24) is 15.6 Å². The molecule has 0 radical (unpaired) electrons. The third-order valence-corrected chi connectivity index (χ3v) is 4.75. The molecule has 0 fully saturated rings. The lowest BCUT2D eigenvalue weighted by Crippen LogP contribution is -2.54. The predicted octanol–water partition coefficient (Wildman–Crippen LogP) is 2.20. The monoisotopic (exact) mass is 405 g/mol. The van der Waals surface area contributed by atoms with Gasteiger partial charge in [-0.2, -0.15) is 4.72 Å². The summed E-state index contributed by atoms with van der Waals surface area (Å²) < 4.78 is 32.2. The number of rotatable bonds is 5. The van der Waals surface area contributed by atoms with E-state index in [1.54, 1.807) is 34.6 Å². The average molecular weight is 406 g/mol. The van der Waals surface area contributed by atoms with E-state index >= 15 is 0 Å². The predicted molar refractivity (Wildman–Crippen MR) is 97.9 cm³/mol. The molecule has 3 N–H and O–H groups in total. The number of carbonyl (C=O) groups excluding carboxylic acids is 2. The minimum absolute atomic E-state index is 0.0274. The molecule has 2 amide bonds. The second-order valence-electron chi connectivity index (χ2n) is 6.91. The molecule has 0 aromatic heterocycles. The molecule has 1 rings (SSSR count). The summed E-state index contributed by atoms with van der Waals surface area (Å²) in [7, 11) is -3.95. The number of ether oxygens (including phenoxy) is 1. The van der Waals surface area contributed by atoms with Gasteiger partial charge < -0.3 is 4.74 Å². The number of sulfonamides is 1. The maximum Gasteiger partial charge on any atom is 0.426 e. The van der Waals surface area contributed by atoms with Crippen LogP contribution in [0.5, 0.6) is 0 Å². The minimum Gasteiger partial charge on any atom is -0.443 e. The van der Waals surface area contributed by atoms with E-state index in [0.29, 0.717) is 5.02 Å². The van der Waals surface area contributed by atoms with Crippen molar-refractivity contribution < 1.29 is 22.7 Å². The van der Waals surface area contributed by atoms with Crippen LogP contribution in [0.25, 0.3) is 0 Å². The van der Waals surface area contributed by atoms with E-state index in [1.807, 2.05) is 0 Å². The van der Waals surface area contributed by atoms with Crippen LogP contribution in [-0.2, 0) is 19.6 Å². The summed E-state index contributed by atoms with van der Waals surface area (Å²) in [6.45, 7) is 8.35. The zero-order chi connectivity index (χ0) is 20.1. The number of hydrazine groups is 1. The maximum absolute atomic E-state index is 12.4. The summed E-state index contributed by atoms with van der Waals surface area (Å²) in [5, 5.41) is 0.392. The third kappa shape index (κ3) is 7.19. The van der Waals surface area contributed by atoms with E-state index in [2.05, 4.69) is 15.6 Å². The van der Waals surface area contributed by atoms with Gasteiger partial charge in [-0.3, -0.25) is 10.2 Å². The molecule has 0 heterocycles. The van der Waals surface area contributed by atoms with Crippen LogP contribution in [0.4, 0.5) is 4.79 Å².